The molecule has 0 aliphatic heterocycles. The minimum atomic E-state index is -4.85. The van der Waals surface area contributed by atoms with Crippen LogP contribution in [0.4, 0.5) is 17.6 Å². The summed E-state index contributed by atoms with van der Waals surface area (Å²) in [5, 5.41) is 11.2. The fourth-order valence-corrected chi connectivity index (χ4v) is 3.60. The predicted octanol–water partition coefficient (Wildman–Crippen LogP) is 2.69. The summed E-state index contributed by atoms with van der Waals surface area (Å²) in [5.41, 5.74) is -1.27. The SMILES string of the molecule is CS(=O)(=O)C[C@H](N[C@@H](c1ccc(F)cc1)C(F)(F)F)C(=O)CC1(C#N)CC1. The van der Waals surface area contributed by atoms with Crippen molar-refractivity contribution in [2.45, 2.75) is 37.5 Å². The zero-order valence-electron chi connectivity index (χ0n) is 14.4. The molecule has 1 aliphatic rings. The Labute approximate surface area is 154 Å². The molecule has 1 N–H and O–H groups in total. The number of sulfone groups is 1. The van der Waals surface area contributed by atoms with Crippen LogP contribution in [0.2, 0.25) is 0 Å². The van der Waals surface area contributed by atoms with Gasteiger partial charge in [0.1, 0.15) is 21.7 Å². The van der Waals surface area contributed by atoms with Crippen LogP contribution in [0.25, 0.3) is 0 Å². The van der Waals surface area contributed by atoms with Crippen molar-refractivity contribution < 1.29 is 30.8 Å². The molecule has 0 bridgehead atoms. The third kappa shape index (κ3) is 6.01. The molecular formula is C17H18F4N2O3S. The monoisotopic (exact) mass is 406 g/mol. The quantitative estimate of drug-likeness (QED) is 0.671. The van der Waals surface area contributed by atoms with Gasteiger partial charge in [-0.15, -0.1) is 0 Å². The molecule has 1 aliphatic carbocycles. The van der Waals surface area contributed by atoms with Crippen molar-refractivity contribution in [2.24, 2.45) is 5.41 Å². The molecule has 1 saturated carbocycles. The first-order chi connectivity index (χ1) is 12.4. The van der Waals surface area contributed by atoms with Crippen LogP contribution in [-0.2, 0) is 14.6 Å². The number of hydrogen-bond donors (Lipinski definition) is 1. The number of carbonyl (C=O) groups excluding carboxylic acids is 1. The summed E-state index contributed by atoms with van der Waals surface area (Å²) in [6.07, 6.45) is -3.46. The van der Waals surface area contributed by atoms with E-state index in [-0.39, 0.29) is 12.0 Å². The summed E-state index contributed by atoms with van der Waals surface area (Å²) < 4.78 is 76.8. The molecule has 1 aromatic carbocycles. The fraction of sp³-hybridized carbons (Fsp3) is 0.529. The first kappa shape index (κ1) is 21.3. The zero-order chi connectivity index (χ0) is 20.5. The van der Waals surface area contributed by atoms with Crippen molar-refractivity contribution in [3.8, 4) is 6.07 Å². The minimum Gasteiger partial charge on any atom is -0.298 e. The van der Waals surface area contributed by atoms with E-state index in [2.05, 4.69) is 5.32 Å². The van der Waals surface area contributed by atoms with E-state index in [0.717, 1.165) is 30.5 Å². The topological polar surface area (TPSA) is 87.0 Å². The average Bonchev–Trinajstić information content (AvgIpc) is 3.30. The maximum absolute atomic E-state index is 13.5. The molecule has 0 unspecified atom stereocenters. The van der Waals surface area contributed by atoms with Gasteiger partial charge < -0.3 is 0 Å². The first-order valence-electron chi connectivity index (χ1n) is 8.05. The molecular weight excluding hydrogens is 388 g/mol. The number of carbonyl (C=O) groups is 1. The number of Topliss-reactive ketones (excluding diaryl/α,β-unsaturated/α-hetero) is 1. The molecule has 5 nitrogen and oxygen atoms in total. The lowest BCUT2D eigenvalue weighted by molar-refractivity contribution is -0.160. The van der Waals surface area contributed by atoms with E-state index < -0.39 is 50.9 Å². The first-order valence-corrected chi connectivity index (χ1v) is 10.1. The van der Waals surface area contributed by atoms with Crippen molar-refractivity contribution in [3.63, 3.8) is 0 Å². The van der Waals surface area contributed by atoms with E-state index in [0.29, 0.717) is 12.8 Å². The smallest absolute Gasteiger partial charge is 0.298 e. The standard InChI is InChI=1S/C17H18F4N2O3S/c1-27(25,26)9-13(14(24)8-16(10-22)6-7-16)23-15(17(19,20)21)11-2-4-12(18)5-3-11/h2-5,13,15,23H,6-9H2,1H3/t13-,15-/m0/s1. The largest absolute Gasteiger partial charge is 0.407 e. The van der Waals surface area contributed by atoms with Gasteiger partial charge in [-0.3, -0.25) is 10.1 Å². The molecule has 2 atom stereocenters. The highest BCUT2D eigenvalue weighted by Gasteiger charge is 2.48. The number of alkyl halides is 3. The molecule has 0 amide bonds. The Balaban J connectivity index is 2.30. The van der Waals surface area contributed by atoms with E-state index in [1.54, 1.807) is 0 Å². The lowest BCUT2D eigenvalue weighted by Gasteiger charge is -2.27. The highest BCUT2D eigenvalue weighted by molar-refractivity contribution is 7.90. The van der Waals surface area contributed by atoms with Crippen molar-refractivity contribution in [1.29, 1.82) is 5.26 Å². The molecule has 0 aromatic heterocycles. The van der Waals surface area contributed by atoms with Crippen LogP contribution in [0.3, 0.4) is 0 Å². The third-order valence-corrected chi connectivity index (χ3v) is 5.30. The Morgan fingerprint density at radius 1 is 1.30 bits per heavy atom. The summed E-state index contributed by atoms with van der Waals surface area (Å²) >= 11 is 0. The Kier molecular flexibility index (Phi) is 5.97. The summed E-state index contributed by atoms with van der Waals surface area (Å²) in [5.74, 6) is -2.33. The molecule has 10 heteroatoms. The van der Waals surface area contributed by atoms with E-state index in [1.807, 2.05) is 6.07 Å². The molecule has 148 valence electrons. The number of rotatable bonds is 8. The highest BCUT2D eigenvalue weighted by atomic mass is 32.2. The molecule has 1 aromatic rings. The van der Waals surface area contributed by atoms with Crippen LogP contribution in [0.1, 0.15) is 30.9 Å². The molecule has 0 spiro atoms. The van der Waals surface area contributed by atoms with Crippen molar-refractivity contribution >= 4 is 15.6 Å². The molecule has 0 heterocycles. The molecule has 0 saturated heterocycles. The van der Waals surface area contributed by atoms with Gasteiger partial charge in [0, 0.05) is 12.7 Å². The van der Waals surface area contributed by atoms with Crippen molar-refractivity contribution in [1.82, 2.24) is 5.32 Å². The maximum Gasteiger partial charge on any atom is 0.407 e. The van der Waals surface area contributed by atoms with Crippen molar-refractivity contribution in [2.75, 3.05) is 12.0 Å². The third-order valence-electron chi connectivity index (χ3n) is 4.36. The van der Waals surface area contributed by atoms with Crippen LogP contribution in [0, 0.1) is 22.6 Å². The van der Waals surface area contributed by atoms with Crippen LogP contribution in [0.15, 0.2) is 24.3 Å². The number of ketones is 1. The lowest BCUT2D eigenvalue weighted by Crippen LogP contribution is -2.48. The Hall–Kier alpha value is -1.99. The van der Waals surface area contributed by atoms with Gasteiger partial charge in [0.2, 0.25) is 0 Å². The lowest BCUT2D eigenvalue weighted by atomic mass is 9.96. The summed E-state index contributed by atoms with van der Waals surface area (Å²) in [6.45, 7) is 0. The van der Waals surface area contributed by atoms with Gasteiger partial charge in [0.15, 0.2) is 5.78 Å². The second-order valence-electron chi connectivity index (χ2n) is 6.87. The Morgan fingerprint density at radius 2 is 1.85 bits per heavy atom. The summed E-state index contributed by atoms with van der Waals surface area (Å²) in [6, 6.07) is 1.49. The summed E-state index contributed by atoms with van der Waals surface area (Å²) in [7, 11) is -3.78. The number of benzene rings is 1. The number of nitriles is 1. The van der Waals surface area contributed by atoms with Gasteiger partial charge in [0.05, 0.1) is 23.3 Å². The van der Waals surface area contributed by atoms with Crippen LogP contribution in [-0.4, -0.2) is 38.4 Å². The van der Waals surface area contributed by atoms with Gasteiger partial charge in [-0.1, -0.05) is 12.1 Å². The number of nitrogens with one attached hydrogen (secondary N) is 1. The van der Waals surface area contributed by atoms with Crippen LogP contribution < -0.4 is 5.32 Å². The fourth-order valence-electron chi connectivity index (χ4n) is 2.71. The Morgan fingerprint density at radius 3 is 2.26 bits per heavy atom. The molecule has 27 heavy (non-hydrogen) atoms. The number of hydrogen-bond acceptors (Lipinski definition) is 5. The minimum absolute atomic E-state index is 0.315. The van der Waals surface area contributed by atoms with Crippen LogP contribution >= 0.6 is 0 Å². The van der Waals surface area contributed by atoms with Gasteiger partial charge in [-0.05, 0) is 30.5 Å². The molecule has 1 fully saturated rings. The van der Waals surface area contributed by atoms with Gasteiger partial charge in [0.25, 0.3) is 0 Å². The van der Waals surface area contributed by atoms with E-state index in [1.165, 1.54) is 0 Å². The van der Waals surface area contributed by atoms with Crippen molar-refractivity contribution in [3.05, 3.63) is 35.6 Å². The normalized spacial score (nSPS) is 18.4. The average molecular weight is 406 g/mol. The van der Waals surface area contributed by atoms with E-state index in [9.17, 15) is 30.8 Å². The number of nitrogens with zero attached hydrogens (tertiary/aromatic N) is 1. The van der Waals surface area contributed by atoms with E-state index >= 15 is 0 Å². The Bertz CT molecular complexity index is 840. The number of halogens is 4. The van der Waals surface area contributed by atoms with Crippen LogP contribution in [0.5, 0.6) is 0 Å². The van der Waals surface area contributed by atoms with Gasteiger partial charge in [-0.2, -0.15) is 18.4 Å². The maximum atomic E-state index is 13.5. The predicted molar refractivity (Wildman–Crippen MR) is 88.7 cm³/mol. The van der Waals surface area contributed by atoms with E-state index in [4.69, 9.17) is 5.26 Å². The zero-order valence-corrected chi connectivity index (χ0v) is 15.2. The second-order valence-corrected chi connectivity index (χ2v) is 9.06. The summed E-state index contributed by atoms with van der Waals surface area (Å²) in [4.78, 5) is 12.5. The molecule has 0 radical (unpaired) electrons. The van der Waals surface area contributed by atoms with Gasteiger partial charge >= 0.3 is 6.18 Å². The molecule has 2 rings (SSSR count). The second kappa shape index (κ2) is 7.56. The highest BCUT2D eigenvalue weighted by Crippen LogP contribution is 2.48. The van der Waals surface area contributed by atoms with Gasteiger partial charge in [-0.25, -0.2) is 12.8 Å².